The lowest BCUT2D eigenvalue weighted by molar-refractivity contribution is 0.103. The van der Waals surface area contributed by atoms with E-state index in [1.807, 2.05) is 24.3 Å². The van der Waals surface area contributed by atoms with Gasteiger partial charge in [0.25, 0.3) is 0 Å². The van der Waals surface area contributed by atoms with Crippen molar-refractivity contribution >= 4 is 17.3 Å². The van der Waals surface area contributed by atoms with Gasteiger partial charge >= 0.3 is 0 Å². The topological polar surface area (TPSA) is 67.5 Å². The number of hydrogen-bond acceptors (Lipinski definition) is 4. The molecule has 0 radical (unpaired) electrons. The van der Waals surface area contributed by atoms with Crippen molar-refractivity contribution in [2.24, 2.45) is 10.7 Å². The summed E-state index contributed by atoms with van der Waals surface area (Å²) in [5.41, 5.74) is 9.19. The number of halogens is 1. The third kappa shape index (κ3) is 4.14. The molecule has 0 unspecified atom stereocenters. The average Bonchev–Trinajstić information content (AvgIpc) is 3.06. The number of nitrogens with two attached hydrogens (primary N) is 1. The Morgan fingerprint density at radius 1 is 1.19 bits per heavy atom. The van der Waals surface area contributed by atoms with Gasteiger partial charge in [0, 0.05) is 24.0 Å². The minimum absolute atomic E-state index is 0.0227. The standard InChI is InChI=1S/C22H22FN3O/c1-2-15-8-3-6-12-20(15)25-13-7-10-16-18(14-26-22(16)24)21(27)17-9-4-5-11-19(17)23/h3-6,8-12,14,25H,2,7,13H2,1H3,(H2,24,26)/b16-10-. The maximum Gasteiger partial charge on any atom is 0.198 e. The van der Waals surface area contributed by atoms with Gasteiger partial charge in [0.2, 0.25) is 0 Å². The highest BCUT2D eigenvalue weighted by atomic mass is 19.1. The zero-order valence-corrected chi connectivity index (χ0v) is 15.2. The quantitative estimate of drug-likeness (QED) is 0.571. The molecule has 27 heavy (non-hydrogen) atoms. The predicted octanol–water partition coefficient (Wildman–Crippen LogP) is 4.25. The Bertz CT molecular complexity index is 944. The Balaban J connectivity index is 1.69. The fourth-order valence-electron chi connectivity index (χ4n) is 3.02. The van der Waals surface area contributed by atoms with Gasteiger partial charge in [-0.05, 0) is 36.6 Å². The van der Waals surface area contributed by atoms with Gasteiger partial charge in [0.15, 0.2) is 5.78 Å². The molecule has 0 amide bonds. The van der Waals surface area contributed by atoms with E-state index in [4.69, 9.17) is 5.73 Å². The summed E-state index contributed by atoms with van der Waals surface area (Å²) in [5.74, 6) is -0.678. The van der Waals surface area contributed by atoms with Crippen LogP contribution in [0, 0.1) is 5.82 Å². The van der Waals surface area contributed by atoms with Gasteiger partial charge in [-0.15, -0.1) is 0 Å². The molecular weight excluding hydrogens is 341 g/mol. The first kappa shape index (κ1) is 18.6. The highest BCUT2D eigenvalue weighted by molar-refractivity contribution is 6.21. The molecule has 3 rings (SSSR count). The van der Waals surface area contributed by atoms with E-state index >= 15 is 0 Å². The minimum Gasteiger partial charge on any atom is -0.385 e. The van der Waals surface area contributed by atoms with Crippen molar-refractivity contribution in [3.63, 3.8) is 0 Å². The largest absolute Gasteiger partial charge is 0.385 e. The molecule has 2 aromatic carbocycles. The average molecular weight is 363 g/mol. The second kappa shape index (κ2) is 8.45. The van der Waals surface area contributed by atoms with Crippen LogP contribution in [0.4, 0.5) is 10.1 Å². The minimum atomic E-state index is -0.550. The molecule has 5 heteroatoms. The van der Waals surface area contributed by atoms with E-state index in [-0.39, 0.29) is 11.4 Å². The van der Waals surface area contributed by atoms with E-state index in [1.54, 1.807) is 12.1 Å². The number of hydrogen-bond donors (Lipinski definition) is 2. The first-order valence-corrected chi connectivity index (χ1v) is 8.97. The number of amidine groups is 1. The molecule has 0 saturated heterocycles. The third-order valence-electron chi connectivity index (χ3n) is 4.47. The summed E-state index contributed by atoms with van der Waals surface area (Å²) in [5, 5.41) is 3.40. The van der Waals surface area contributed by atoms with Crippen LogP contribution in [-0.4, -0.2) is 18.2 Å². The maximum absolute atomic E-state index is 13.9. The van der Waals surface area contributed by atoms with Gasteiger partial charge < -0.3 is 11.1 Å². The molecule has 0 aromatic heterocycles. The van der Waals surface area contributed by atoms with Crippen molar-refractivity contribution in [3.05, 3.63) is 88.9 Å². The number of rotatable bonds is 7. The summed E-state index contributed by atoms with van der Waals surface area (Å²) < 4.78 is 13.9. The molecule has 1 aliphatic rings. The molecule has 4 nitrogen and oxygen atoms in total. The van der Waals surface area contributed by atoms with E-state index < -0.39 is 11.6 Å². The second-order valence-corrected chi connectivity index (χ2v) is 6.21. The van der Waals surface area contributed by atoms with E-state index in [1.165, 1.54) is 23.9 Å². The lowest BCUT2D eigenvalue weighted by atomic mass is 9.97. The zero-order valence-electron chi connectivity index (χ0n) is 15.2. The summed E-state index contributed by atoms with van der Waals surface area (Å²) in [6.07, 6.45) is 4.90. The van der Waals surface area contributed by atoms with Crippen LogP contribution in [-0.2, 0) is 6.42 Å². The van der Waals surface area contributed by atoms with Gasteiger partial charge in [-0.2, -0.15) is 0 Å². The lowest BCUT2D eigenvalue weighted by Crippen LogP contribution is -2.17. The molecule has 0 aliphatic carbocycles. The van der Waals surface area contributed by atoms with Crippen LogP contribution in [0.2, 0.25) is 0 Å². The molecule has 0 spiro atoms. The van der Waals surface area contributed by atoms with Crippen molar-refractivity contribution in [1.29, 1.82) is 0 Å². The number of nitrogens with zero attached hydrogens (tertiary/aromatic N) is 1. The van der Waals surface area contributed by atoms with Crippen LogP contribution in [0.1, 0.15) is 29.3 Å². The molecule has 0 bridgehead atoms. The number of nitrogens with one attached hydrogen (secondary N) is 1. The van der Waals surface area contributed by atoms with Crippen molar-refractivity contribution in [2.45, 2.75) is 19.8 Å². The van der Waals surface area contributed by atoms with Gasteiger partial charge in [0.1, 0.15) is 11.7 Å². The number of anilines is 1. The molecule has 1 aliphatic heterocycles. The van der Waals surface area contributed by atoms with E-state index in [2.05, 4.69) is 23.3 Å². The lowest BCUT2D eigenvalue weighted by Gasteiger charge is -2.10. The zero-order chi connectivity index (χ0) is 19.2. The Morgan fingerprint density at radius 3 is 2.70 bits per heavy atom. The van der Waals surface area contributed by atoms with Gasteiger partial charge in [0.05, 0.1) is 11.1 Å². The van der Waals surface area contributed by atoms with E-state index in [0.29, 0.717) is 24.1 Å². The first-order chi connectivity index (χ1) is 13.1. The molecule has 2 aromatic rings. The summed E-state index contributed by atoms with van der Waals surface area (Å²) in [7, 11) is 0. The number of Topliss-reactive ketones (excluding diaryl/α,β-unsaturated/α-hetero) is 1. The monoisotopic (exact) mass is 363 g/mol. The fraction of sp³-hybridized carbons (Fsp3) is 0.182. The fourth-order valence-corrected chi connectivity index (χ4v) is 3.02. The highest BCUT2D eigenvalue weighted by Crippen LogP contribution is 2.24. The van der Waals surface area contributed by atoms with Crippen molar-refractivity contribution in [3.8, 4) is 0 Å². The maximum atomic E-state index is 13.9. The van der Waals surface area contributed by atoms with Crippen molar-refractivity contribution in [2.75, 3.05) is 11.9 Å². The molecule has 1 heterocycles. The Morgan fingerprint density at radius 2 is 1.93 bits per heavy atom. The molecule has 3 N–H and O–H groups in total. The number of carbonyl (C=O) groups excluding carboxylic acids is 1. The number of aryl methyl sites for hydroxylation is 1. The van der Waals surface area contributed by atoms with Crippen LogP contribution in [0.5, 0.6) is 0 Å². The predicted molar refractivity (Wildman–Crippen MR) is 107 cm³/mol. The van der Waals surface area contributed by atoms with Crippen molar-refractivity contribution < 1.29 is 9.18 Å². The number of carbonyl (C=O) groups is 1. The van der Waals surface area contributed by atoms with E-state index in [9.17, 15) is 9.18 Å². The van der Waals surface area contributed by atoms with Crippen LogP contribution in [0.25, 0.3) is 0 Å². The third-order valence-corrected chi connectivity index (χ3v) is 4.47. The molecule has 0 saturated carbocycles. The Labute approximate surface area is 158 Å². The first-order valence-electron chi connectivity index (χ1n) is 8.97. The van der Waals surface area contributed by atoms with E-state index in [0.717, 1.165) is 12.1 Å². The summed E-state index contributed by atoms with van der Waals surface area (Å²) >= 11 is 0. The number of ketones is 1. The van der Waals surface area contributed by atoms with Gasteiger partial charge in [-0.3, -0.25) is 4.79 Å². The second-order valence-electron chi connectivity index (χ2n) is 6.21. The van der Waals surface area contributed by atoms with Crippen LogP contribution in [0.3, 0.4) is 0 Å². The van der Waals surface area contributed by atoms with Gasteiger partial charge in [-0.25, -0.2) is 9.38 Å². The van der Waals surface area contributed by atoms with Crippen LogP contribution >= 0.6 is 0 Å². The number of para-hydroxylation sites is 1. The molecular formula is C22H22FN3O. The summed E-state index contributed by atoms with van der Waals surface area (Å²) in [4.78, 5) is 16.7. The van der Waals surface area contributed by atoms with Crippen LogP contribution in [0.15, 0.2) is 76.9 Å². The molecule has 0 fully saturated rings. The molecule has 138 valence electrons. The number of benzene rings is 2. The SMILES string of the molecule is CCc1ccccc1NCC/C=C1/C(C(=O)c2ccccc2F)=CN=C1N. The Kier molecular flexibility index (Phi) is 5.81. The Hall–Kier alpha value is -3.21. The smallest absolute Gasteiger partial charge is 0.198 e. The van der Waals surface area contributed by atoms with Crippen LogP contribution < -0.4 is 11.1 Å². The summed E-state index contributed by atoms with van der Waals surface area (Å²) in [6, 6.07) is 14.1. The van der Waals surface area contributed by atoms with Gasteiger partial charge in [-0.1, -0.05) is 43.3 Å². The molecule has 0 atom stereocenters. The number of aliphatic imine (C=N–C) groups is 1. The highest BCUT2D eigenvalue weighted by Gasteiger charge is 2.24. The summed E-state index contributed by atoms with van der Waals surface area (Å²) in [6.45, 7) is 2.80. The normalized spacial score (nSPS) is 14.8. The van der Waals surface area contributed by atoms with Crippen molar-refractivity contribution in [1.82, 2.24) is 0 Å².